The van der Waals surface area contributed by atoms with Crippen molar-refractivity contribution in [3.8, 4) is 5.75 Å². The summed E-state index contributed by atoms with van der Waals surface area (Å²) >= 11 is 3.24. The van der Waals surface area contributed by atoms with Gasteiger partial charge < -0.3 is 10.1 Å². The molecule has 1 heterocycles. The van der Waals surface area contributed by atoms with Gasteiger partial charge in [0.25, 0.3) is 0 Å². The zero-order valence-electron chi connectivity index (χ0n) is 11.5. The number of hydrogen-bond donors (Lipinski definition) is 1. The van der Waals surface area contributed by atoms with E-state index in [1.165, 1.54) is 30.5 Å². The molecule has 110 valence electrons. The van der Waals surface area contributed by atoms with Crippen molar-refractivity contribution in [3.05, 3.63) is 58.1 Å². The van der Waals surface area contributed by atoms with Crippen LogP contribution in [0.1, 0.15) is 24.1 Å². The first-order chi connectivity index (χ1) is 10.2. The fourth-order valence-corrected chi connectivity index (χ4v) is 2.41. The quantitative estimate of drug-likeness (QED) is 0.859. The van der Waals surface area contributed by atoms with Crippen LogP contribution in [-0.4, -0.2) is 11.0 Å². The maximum absolute atomic E-state index is 13.2. The van der Waals surface area contributed by atoms with E-state index in [2.05, 4.69) is 26.2 Å². The van der Waals surface area contributed by atoms with Crippen molar-refractivity contribution in [3.63, 3.8) is 0 Å². The summed E-state index contributed by atoms with van der Waals surface area (Å²) in [7, 11) is 0. The van der Waals surface area contributed by atoms with Crippen LogP contribution in [0.25, 0.3) is 0 Å². The first-order valence-corrected chi connectivity index (χ1v) is 7.74. The van der Waals surface area contributed by atoms with Gasteiger partial charge in [-0.2, -0.15) is 0 Å². The molecule has 0 radical (unpaired) electrons. The van der Waals surface area contributed by atoms with Crippen LogP contribution in [0.3, 0.4) is 0 Å². The lowest BCUT2D eigenvalue weighted by atomic mass is 10.2. The lowest BCUT2D eigenvalue weighted by molar-refractivity contribution is 0.299. The number of benzene rings is 1. The van der Waals surface area contributed by atoms with Gasteiger partial charge in [-0.15, -0.1) is 0 Å². The van der Waals surface area contributed by atoms with Gasteiger partial charge >= 0.3 is 0 Å². The summed E-state index contributed by atoms with van der Waals surface area (Å²) in [6.45, 7) is 1.18. The molecule has 2 aromatic rings. The molecule has 0 bridgehead atoms. The smallest absolute Gasteiger partial charge is 0.130 e. The Labute approximate surface area is 131 Å². The largest absolute Gasteiger partial charge is 0.487 e. The number of aromatic nitrogens is 1. The number of rotatable bonds is 6. The zero-order chi connectivity index (χ0) is 14.7. The van der Waals surface area contributed by atoms with Gasteiger partial charge in [0.15, 0.2) is 0 Å². The van der Waals surface area contributed by atoms with Crippen LogP contribution < -0.4 is 10.1 Å². The number of halogens is 2. The first-order valence-electron chi connectivity index (χ1n) is 6.95. The van der Waals surface area contributed by atoms with Crippen molar-refractivity contribution in [1.82, 2.24) is 10.3 Å². The second-order valence-corrected chi connectivity index (χ2v) is 6.12. The van der Waals surface area contributed by atoms with Gasteiger partial charge in [-0.25, -0.2) is 4.39 Å². The summed E-state index contributed by atoms with van der Waals surface area (Å²) in [6.07, 6.45) is 4.42. The lowest BCUT2D eigenvalue weighted by Gasteiger charge is -2.07. The van der Waals surface area contributed by atoms with Gasteiger partial charge in [-0.3, -0.25) is 4.98 Å². The molecule has 3 nitrogen and oxygen atoms in total. The molecule has 1 aromatic carbocycles. The van der Waals surface area contributed by atoms with Gasteiger partial charge in [0.2, 0.25) is 0 Å². The van der Waals surface area contributed by atoms with Crippen molar-refractivity contribution in [1.29, 1.82) is 0 Å². The highest BCUT2D eigenvalue weighted by atomic mass is 79.9. The van der Waals surface area contributed by atoms with E-state index in [1.54, 1.807) is 6.07 Å². The summed E-state index contributed by atoms with van der Waals surface area (Å²) in [4.78, 5) is 4.37. The predicted octanol–water partition coefficient (Wildman–Crippen LogP) is 3.81. The summed E-state index contributed by atoms with van der Waals surface area (Å²) in [5.74, 6) is 0.164. The van der Waals surface area contributed by atoms with E-state index in [4.69, 9.17) is 4.74 Å². The first kappa shape index (κ1) is 14.5. The molecule has 1 aliphatic carbocycles. The molecule has 0 unspecified atom stereocenters. The van der Waals surface area contributed by atoms with Gasteiger partial charge in [-0.1, -0.05) is 22.0 Å². The van der Waals surface area contributed by atoms with Crippen LogP contribution in [0.15, 0.2) is 41.0 Å². The molecule has 5 heteroatoms. The van der Waals surface area contributed by atoms with Crippen LogP contribution in [0, 0.1) is 5.82 Å². The van der Waals surface area contributed by atoms with Crippen molar-refractivity contribution in [2.24, 2.45) is 0 Å². The average molecular weight is 351 g/mol. The summed E-state index contributed by atoms with van der Waals surface area (Å²) in [6, 6.07) is 9.17. The molecular formula is C16H16BrFN2O. The van der Waals surface area contributed by atoms with Crippen LogP contribution in [0.4, 0.5) is 4.39 Å². The molecule has 0 amide bonds. The highest BCUT2D eigenvalue weighted by Gasteiger charge is 2.19. The maximum atomic E-state index is 13.2. The van der Waals surface area contributed by atoms with Gasteiger partial charge in [0.05, 0.1) is 5.69 Å². The minimum absolute atomic E-state index is 0.325. The van der Waals surface area contributed by atoms with Crippen molar-refractivity contribution >= 4 is 15.9 Å². The summed E-state index contributed by atoms with van der Waals surface area (Å²) in [5, 5.41) is 3.44. The number of nitrogens with one attached hydrogen (secondary N) is 1. The Morgan fingerprint density at radius 3 is 2.81 bits per heavy atom. The van der Waals surface area contributed by atoms with Gasteiger partial charge in [0, 0.05) is 29.3 Å². The molecule has 1 fully saturated rings. The van der Waals surface area contributed by atoms with E-state index in [1.807, 2.05) is 18.3 Å². The van der Waals surface area contributed by atoms with Crippen molar-refractivity contribution < 1.29 is 9.13 Å². The summed E-state index contributed by atoms with van der Waals surface area (Å²) < 4.78 is 19.4. The third kappa shape index (κ3) is 4.51. The number of nitrogens with zero attached hydrogens (tertiary/aromatic N) is 1. The van der Waals surface area contributed by atoms with Gasteiger partial charge in [0.1, 0.15) is 18.2 Å². The number of ether oxygens (including phenoxy) is 1. The number of hydrogen-bond acceptors (Lipinski definition) is 3. The SMILES string of the molecule is Fc1cc(Br)cc(OCc2ccc(CNC3CC3)cn2)c1. The molecule has 0 spiro atoms. The highest BCUT2D eigenvalue weighted by molar-refractivity contribution is 9.10. The maximum Gasteiger partial charge on any atom is 0.130 e. The zero-order valence-corrected chi connectivity index (χ0v) is 13.1. The molecule has 21 heavy (non-hydrogen) atoms. The lowest BCUT2D eigenvalue weighted by Crippen LogP contribution is -2.15. The molecular weight excluding hydrogens is 335 g/mol. The standard InChI is InChI=1S/C16H16BrFN2O/c17-12-5-13(18)7-16(6-12)21-10-15-2-1-11(9-20-15)8-19-14-3-4-14/h1-2,5-7,9,14,19H,3-4,8,10H2. The second-order valence-electron chi connectivity index (χ2n) is 5.21. The van der Waals surface area contributed by atoms with Crippen molar-refractivity contribution in [2.75, 3.05) is 0 Å². The third-order valence-electron chi connectivity index (χ3n) is 3.28. The highest BCUT2D eigenvalue weighted by Crippen LogP contribution is 2.21. The monoisotopic (exact) mass is 350 g/mol. The Hall–Kier alpha value is -1.46. The van der Waals surface area contributed by atoms with E-state index in [0.717, 1.165) is 12.2 Å². The van der Waals surface area contributed by atoms with Crippen LogP contribution in [-0.2, 0) is 13.2 Å². The number of pyridine rings is 1. The van der Waals surface area contributed by atoms with E-state index < -0.39 is 0 Å². The Morgan fingerprint density at radius 1 is 1.29 bits per heavy atom. The fourth-order valence-electron chi connectivity index (χ4n) is 1.96. The molecule has 1 N–H and O–H groups in total. The van der Waals surface area contributed by atoms with Crippen molar-refractivity contribution in [2.45, 2.75) is 32.0 Å². The Morgan fingerprint density at radius 2 is 2.14 bits per heavy atom. The second kappa shape index (κ2) is 6.54. The molecule has 1 aromatic heterocycles. The topological polar surface area (TPSA) is 34.1 Å². The predicted molar refractivity (Wildman–Crippen MR) is 82.5 cm³/mol. The average Bonchev–Trinajstić information content (AvgIpc) is 3.27. The minimum Gasteiger partial charge on any atom is -0.487 e. The molecule has 1 aliphatic rings. The Bertz CT molecular complexity index is 594. The molecule has 0 aliphatic heterocycles. The van der Waals surface area contributed by atoms with E-state index >= 15 is 0 Å². The Balaban J connectivity index is 1.54. The fraction of sp³-hybridized carbons (Fsp3) is 0.312. The van der Waals surface area contributed by atoms with Gasteiger partial charge in [-0.05, 0) is 36.6 Å². The van der Waals surface area contributed by atoms with E-state index in [-0.39, 0.29) is 5.82 Å². The molecule has 0 atom stereocenters. The van der Waals surface area contributed by atoms with E-state index in [9.17, 15) is 4.39 Å². The van der Waals surface area contributed by atoms with Crippen LogP contribution in [0.5, 0.6) is 5.75 Å². The minimum atomic E-state index is -0.325. The molecule has 3 rings (SSSR count). The third-order valence-corrected chi connectivity index (χ3v) is 3.74. The Kier molecular flexibility index (Phi) is 4.51. The van der Waals surface area contributed by atoms with Crippen LogP contribution in [0.2, 0.25) is 0 Å². The molecule has 0 saturated heterocycles. The normalized spacial score (nSPS) is 14.2. The van der Waals surface area contributed by atoms with Crippen LogP contribution >= 0.6 is 15.9 Å². The van der Waals surface area contributed by atoms with E-state index in [0.29, 0.717) is 22.9 Å². The molecule has 1 saturated carbocycles. The summed E-state index contributed by atoms with van der Waals surface area (Å²) in [5.41, 5.74) is 1.99.